The van der Waals surface area contributed by atoms with E-state index in [0.29, 0.717) is 13.2 Å². The molecular weight excluding hydrogens is 430 g/mol. The van der Waals surface area contributed by atoms with Gasteiger partial charge in [-0.3, -0.25) is 5.32 Å². The zero-order valence-electron chi connectivity index (χ0n) is 21.3. The molecule has 0 atom stereocenters. The number of rotatable bonds is 21. The van der Waals surface area contributed by atoms with Crippen LogP contribution in [0.3, 0.4) is 0 Å². The first kappa shape index (κ1) is 29.8. The van der Waals surface area contributed by atoms with Crippen LogP contribution in [0.2, 0.25) is 0 Å². The Balaban J connectivity index is 1.98. The van der Waals surface area contributed by atoms with Gasteiger partial charge in [0.15, 0.2) is 0 Å². The molecule has 0 unspecified atom stereocenters. The van der Waals surface area contributed by atoms with Crippen LogP contribution in [-0.4, -0.2) is 30.6 Å². The lowest BCUT2D eigenvalue weighted by Crippen LogP contribution is -2.14. The topological polar surface area (TPSA) is 84.9 Å². The number of nitrogens with one attached hydrogen (secondary N) is 1. The maximum Gasteiger partial charge on any atom is 0.505 e. The summed E-state index contributed by atoms with van der Waals surface area (Å²) < 4.78 is 9.79. The lowest BCUT2D eigenvalue weighted by atomic mass is 10.0. The number of carbonyl (C=O) groups excluding carboxylic acids is 1. The van der Waals surface area contributed by atoms with Crippen LogP contribution < -0.4 is 5.32 Å². The van der Waals surface area contributed by atoms with Crippen molar-refractivity contribution in [2.24, 2.45) is 0 Å². The van der Waals surface area contributed by atoms with Crippen molar-refractivity contribution in [1.82, 2.24) is 0 Å². The number of benzene rings is 1. The molecule has 1 aromatic carbocycles. The van der Waals surface area contributed by atoms with Crippen LogP contribution in [-0.2, 0) is 15.9 Å². The molecule has 0 heterocycles. The first-order valence-corrected chi connectivity index (χ1v) is 13.5. The van der Waals surface area contributed by atoms with Gasteiger partial charge in [0.1, 0.15) is 0 Å². The molecule has 0 radical (unpaired) electrons. The fourth-order valence-electron chi connectivity index (χ4n) is 3.96. The summed E-state index contributed by atoms with van der Waals surface area (Å²) in [5, 5.41) is 11.2. The van der Waals surface area contributed by atoms with Crippen LogP contribution in [0.25, 0.3) is 0 Å². The van der Waals surface area contributed by atoms with E-state index in [4.69, 9.17) is 9.84 Å². The van der Waals surface area contributed by atoms with Crippen LogP contribution >= 0.6 is 0 Å². The van der Waals surface area contributed by atoms with Crippen molar-refractivity contribution in [3.05, 3.63) is 29.8 Å². The van der Waals surface area contributed by atoms with Crippen molar-refractivity contribution < 1.29 is 24.2 Å². The van der Waals surface area contributed by atoms with Gasteiger partial charge in [-0.2, -0.15) is 0 Å². The molecule has 1 aromatic rings. The Labute approximate surface area is 206 Å². The van der Waals surface area contributed by atoms with Gasteiger partial charge in [0.2, 0.25) is 0 Å². The highest BCUT2D eigenvalue weighted by Gasteiger charge is 2.03. The minimum atomic E-state index is -1.18. The number of ether oxygens (including phenoxy) is 2. The van der Waals surface area contributed by atoms with Crippen molar-refractivity contribution in [3.63, 3.8) is 0 Å². The first-order valence-electron chi connectivity index (χ1n) is 13.5. The van der Waals surface area contributed by atoms with Crippen molar-refractivity contribution in [1.29, 1.82) is 0 Å². The molecule has 1 rings (SSSR count). The van der Waals surface area contributed by atoms with E-state index in [-0.39, 0.29) is 6.09 Å². The molecule has 0 aliphatic rings. The number of amides is 1. The first-order chi connectivity index (χ1) is 16.6. The lowest BCUT2D eigenvalue weighted by molar-refractivity contribution is 0.0899. The predicted octanol–water partition coefficient (Wildman–Crippen LogP) is 8.73. The van der Waals surface area contributed by atoms with Crippen molar-refractivity contribution in [3.8, 4) is 0 Å². The molecule has 1 amide bonds. The molecule has 194 valence electrons. The number of aryl methyl sites for hydroxylation is 1. The second-order valence-electron chi connectivity index (χ2n) is 9.13. The number of hydrogen-bond acceptors (Lipinski definition) is 4. The van der Waals surface area contributed by atoms with Gasteiger partial charge in [-0.25, -0.2) is 9.59 Å². The summed E-state index contributed by atoms with van der Waals surface area (Å²) in [6.07, 6.45) is 18.4. The van der Waals surface area contributed by atoms with Gasteiger partial charge in [-0.15, -0.1) is 0 Å². The van der Waals surface area contributed by atoms with E-state index in [1.54, 1.807) is 0 Å². The summed E-state index contributed by atoms with van der Waals surface area (Å²) in [5.74, 6) is 0. The van der Waals surface area contributed by atoms with E-state index in [1.807, 2.05) is 12.1 Å². The molecule has 0 fully saturated rings. The van der Waals surface area contributed by atoms with E-state index in [2.05, 4.69) is 29.1 Å². The highest BCUT2D eigenvalue weighted by atomic mass is 16.7. The van der Waals surface area contributed by atoms with Gasteiger partial charge in [0, 0.05) is 5.69 Å². The van der Waals surface area contributed by atoms with E-state index in [1.165, 1.54) is 76.2 Å². The van der Waals surface area contributed by atoms with Crippen LogP contribution in [0.5, 0.6) is 0 Å². The van der Waals surface area contributed by atoms with Gasteiger partial charge >= 0.3 is 12.2 Å². The summed E-state index contributed by atoms with van der Waals surface area (Å²) in [6.45, 7) is 3.03. The average molecular weight is 478 g/mol. The van der Waals surface area contributed by atoms with Crippen molar-refractivity contribution in [2.75, 3.05) is 18.5 Å². The van der Waals surface area contributed by atoms with Crippen LogP contribution in [0, 0.1) is 0 Å². The van der Waals surface area contributed by atoms with Gasteiger partial charge in [-0.1, -0.05) is 103 Å². The molecule has 6 nitrogen and oxygen atoms in total. The Bertz CT molecular complexity index is 632. The molecule has 0 spiro atoms. The molecule has 2 N–H and O–H groups in total. The zero-order chi connectivity index (χ0) is 24.7. The minimum absolute atomic E-state index is 0.310. The predicted molar refractivity (Wildman–Crippen MR) is 139 cm³/mol. The Morgan fingerprint density at radius 3 is 1.68 bits per heavy atom. The maximum absolute atomic E-state index is 11.9. The SMILES string of the molecule is CCCCCCCCCCOC(=O)Nc1ccc(CCCCCCCCCCOC(=O)O)cc1. The third kappa shape index (κ3) is 18.2. The number of carboxylic acid groups (broad SMARTS) is 1. The number of anilines is 1. The highest BCUT2D eigenvalue weighted by Crippen LogP contribution is 2.15. The molecular formula is C28H47NO5. The maximum atomic E-state index is 11.9. The summed E-state index contributed by atoms with van der Waals surface area (Å²) in [5.41, 5.74) is 2.06. The molecule has 0 aliphatic carbocycles. The molecule has 6 heteroatoms. The summed E-state index contributed by atoms with van der Waals surface area (Å²) in [7, 11) is 0. The smallest absolute Gasteiger partial charge is 0.450 e. The Kier molecular flexibility index (Phi) is 18.7. The summed E-state index contributed by atoms with van der Waals surface area (Å²) >= 11 is 0. The van der Waals surface area contributed by atoms with Gasteiger partial charge < -0.3 is 14.6 Å². The van der Waals surface area contributed by atoms with Crippen molar-refractivity contribution >= 4 is 17.9 Å². The second-order valence-corrected chi connectivity index (χ2v) is 9.13. The van der Waals surface area contributed by atoms with Crippen LogP contribution in [0.1, 0.15) is 115 Å². The number of hydrogen-bond donors (Lipinski definition) is 2. The Morgan fingerprint density at radius 1 is 0.676 bits per heavy atom. The Morgan fingerprint density at radius 2 is 1.15 bits per heavy atom. The molecule has 0 aliphatic heterocycles. The average Bonchev–Trinajstić information content (AvgIpc) is 2.82. The fraction of sp³-hybridized carbons (Fsp3) is 0.714. The van der Waals surface area contributed by atoms with Gasteiger partial charge in [0.25, 0.3) is 0 Å². The van der Waals surface area contributed by atoms with E-state index < -0.39 is 6.16 Å². The largest absolute Gasteiger partial charge is 0.505 e. The quantitative estimate of drug-likeness (QED) is 0.137. The van der Waals surface area contributed by atoms with E-state index in [0.717, 1.165) is 44.2 Å². The molecule has 0 aromatic heterocycles. The fourth-order valence-corrected chi connectivity index (χ4v) is 3.96. The lowest BCUT2D eigenvalue weighted by Gasteiger charge is -2.08. The third-order valence-electron chi connectivity index (χ3n) is 6.02. The summed E-state index contributed by atoms with van der Waals surface area (Å²) in [6, 6.07) is 8.04. The van der Waals surface area contributed by atoms with Gasteiger partial charge in [0.05, 0.1) is 13.2 Å². The Hall–Kier alpha value is -2.24. The summed E-state index contributed by atoms with van der Waals surface area (Å²) in [4.78, 5) is 22.2. The van der Waals surface area contributed by atoms with Crippen molar-refractivity contribution in [2.45, 2.75) is 116 Å². The highest BCUT2D eigenvalue weighted by molar-refractivity contribution is 5.84. The second kappa shape index (κ2) is 21.3. The molecule has 0 bridgehead atoms. The monoisotopic (exact) mass is 477 g/mol. The standard InChI is InChI=1S/C28H47NO5/c1-2-3-4-5-6-10-13-16-23-33-27(30)29-26-21-19-25(20-22-26)18-15-12-9-7-8-11-14-17-24-34-28(31)32/h19-22H,2-18,23-24H2,1H3,(H,29,30)(H,31,32). The van der Waals surface area contributed by atoms with Gasteiger partial charge in [-0.05, 0) is 43.4 Å². The normalized spacial score (nSPS) is 10.7. The molecule has 0 saturated heterocycles. The molecule has 0 saturated carbocycles. The third-order valence-corrected chi connectivity index (χ3v) is 6.02. The molecule has 34 heavy (non-hydrogen) atoms. The van der Waals surface area contributed by atoms with Crippen LogP contribution in [0.15, 0.2) is 24.3 Å². The minimum Gasteiger partial charge on any atom is -0.450 e. The number of unbranched alkanes of at least 4 members (excludes halogenated alkanes) is 14. The van der Waals surface area contributed by atoms with E-state index >= 15 is 0 Å². The van der Waals surface area contributed by atoms with E-state index in [9.17, 15) is 9.59 Å². The van der Waals surface area contributed by atoms with Crippen LogP contribution in [0.4, 0.5) is 15.3 Å². The zero-order valence-corrected chi connectivity index (χ0v) is 21.3. The number of carbonyl (C=O) groups is 2.